The van der Waals surface area contributed by atoms with Crippen LogP contribution in [-0.2, 0) is 0 Å². The minimum atomic E-state index is -0.380. The fourth-order valence-corrected chi connectivity index (χ4v) is 3.12. The van der Waals surface area contributed by atoms with Crippen LogP contribution in [0.25, 0.3) is 0 Å². The summed E-state index contributed by atoms with van der Waals surface area (Å²) in [5, 5.41) is 13.5. The van der Waals surface area contributed by atoms with Crippen LogP contribution in [0.1, 0.15) is 50.1 Å². The molecule has 5 heteroatoms. The largest absolute Gasteiger partial charge is 0.300 e. The van der Waals surface area contributed by atoms with Gasteiger partial charge in [-0.1, -0.05) is 25.6 Å². The van der Waals surface area contributed by atoms with E-state index in [0.717, 1.165) is 48.1 Å². The van der Waals surface area contributed by atoms with Crippen LogP contribution in [0.5, 0.6) is 0 Å². The first-order valence-electron chi connectivity index (χ1n) is 7.59. The van der Waals surface area contributed by atoms with Crippen molar-refractivity contribution in [1.29, 1.82) is 5.26 Å². The Morgan fingerprint density at radius 2 is 1.81 bits per heavy atom. The lowest BCUT2D eigenvalue weighted by molar-refractivity contribution is 0.379. The van der Waals surface area contributed by atoms with E-state index in [1.54, 1.807) is 11.8 Å². The SMILES string of the molecule is CCNC(C#N)(CC)CCCSc1nc(C)c(C)c(C)n1. The molecular weight excluding hydrogens is 280 g/mol. The number of rotatable bonds is 8. The number of nitrogens with zero attached hydrogens (tertiary/aromatic N) is 3. The third-order valence-electron chi connectivity index (χ3n) is 3.92. The average molecular weight is 306 g/mol. The van der Waals surface area contributed by atoms with Crippen molar-refractivity contribution in [3.8, 4) is 6.07 Å². The highest BCUT2D eigenvalue weighted by Crippen LogP contribution is 2.22. The molecule has 1 atom stereocenters. The molecule has 116 valence electrons. The Morgan fingerprint density at radius 3 is 2.29 bits per heavy atom. The van der Waals surface area contributed by atoms with Crippen molar-refractivity contribution in [2.24, 2.45) is 0 Å². The maximum Gasteiger partial charge on any atom is 0.187 e. The van der Waals surface area contributed by atoms with Gasteiger partial charge in [0.15, 0.2) is 5.16 Å². The van der Waals surface area contributed by atoms with E-state index in [-0.39, 0.29) is 5.54 Å². The molecule has 0 amide bonds. The van der Waals surface area contributed by atoms with Gasteiger partial charge >= 0.3 is 0 Å². The molecule has 0 saturated heterocycles. The summed E-state index contributed by atoms with van der Waals surface area (Å²) in [5.74, 6) is 0.941. The molecule has 1 aromatic heterocycles. The summed E-state index contributed by atoms with van der Waals surface area (Å²) in [6.07, 6.45) is 2.68. The second-order valence-corrected chi connectivity index (χ2v) is 6.39. The lowest BCUT2D eigenvalue weighted by Crippen LogP contribution is -2.43. The summed E-state index contributed by atoms with van der Waals surface area (Å²) in [5.41, 5.74) is 2.89. The molecule has 4 nitrogen and oxygen atoms in total. The molecule has 0 aliphatic heterocycles. The molecule has 0 aliphatic carbocycles. The summed E-state index contributed by atoms with van der Waals surface area (Å²) in [4.78, 5) is 9.03. The molecule has 0 saturated carbocycles. The second-order valence-electron chi connectivity index (χ2n) is 5.33. The standard InChI is InChI=1S/C16H26N4S/c1-6-16(11-17,18-7-2)9-8-10-21-15-19-13(4)12(3)14(5)20-15/h18H,6-10H2,1-5H3. The van der Waals surface area contributed by atoms with Gasteiger partial charge in [0.2, 0.25) is 0 Å². The van der Waals surface area contributed by atoms with Gasteiger partial charge in [-0.15, -0.1) is 0 Å². The quantitative estimate of drug-likeness (QED) is 0.452. The normalized spacial score (nSPS) is 13.7. The average Bonchev–Trinajstić information content (AvgIpc) is 2.48. The van der Waals surface area contributed by atoms with Crippen LogP contribution >= 0.6 is 11.8 Å². The maximum atomic E-state index is 9.38. The summed E-state index contributed by atoms with van der Waals surface area (Å²) in [6.45, 7) is 11.0. The number of nitriles is 1. The van der Waals surface area contributed by atoms with Crippen molar-refractivity contribution in [3.05, 3.63) is 17.0 Å². The first-order chi connectivity index (χ1) is 9.98. The second kappa shape index (κ2) is 8.35. The Balaban J connectivity index is 2.52. The van der Waals surface area contributed by atoms with Gasteiger partial charge in [-0.05, 0) is 52.1 Å². The van der Waals surface area contributed by atoms with Gasteiger partial charge in [-0.2, -0.15) is 5.26 Å². The van der Waals surface area contributed by atoms with Gasteiger partial charge in [-0.3, -0.25) is 5.32 Å². The van der Waals surface area contributed by atoms with E-state index in [2.05, 4.69) is 35.2 Å². The van der Waals surface area contributed by atoms with Gasteiger partial charge in [0.05, 0.1) is 6.07 Å². The number of nitrogens with one attached hydrogen (secondary N) is 1. The lowest BCUT2D eigenvalue weighted by atomic mass is 9.92. The minimum absolute atomic E-state index is 0.380. The van der Waals surface area contributed by atoms with E-state index in [9.17, 15) is 5.26 Å². The summed E-state index contributed by atoms with van der Waals surface area (Å²) < 4.78 is 0. The molecule has 1 unspecified atom stereocenters. The van der Waals surface area contributed by atoms with Crippen molar-refractivity contribution in [2.75, 3.05) is 12.3 Å². The Bertz CT molecular complexity index is 486. The number of hydrogen-bond acceptors (Lipinski definition) is 5. The highest BCUT2D eigenvalue weighted by molar-refractivity contribution is 7.99. The third-order valence-corrected chi connectivity index (χ3v) is 4.86. The Morgan fingerprint density at radius 1 is 1.19 bits per heavy atom. The molecular formula is C16H26N4S. The molecule has 0 aliphatic rings. The van der Waals surface area contributed by atoms with E-state index in [1.807, 2.05) is 20.8 Å². The van der Waals surface area contributed by atoms with Crippen LogP contribution in [0.2, 0.25) is 0 Å². The Kier molecular flexibility index (Phi) is 7.13. The lowest BCUT2D eigenvalue weighted by Gasteiger charge is -2.25. The van der Waals surface area contributed by atoms with Crippen LogP contribution in [0, 0.1) is 32.1 Å². The van der Waals surface area contributed by atoms with Crippen molar-refractivity contribution in [2.45, 2.75) is 64.6 Å². The third kappa shape index (κ3) is 4.98. The molecule has 0 fully saturated rings. The Hall–Kier alpha value is -1.12. The molecule has 21 heavy (non-hydrogen) atoms. The molecule has 1 N–H and O–H groups in total. The smallest absolute Gasteiger partial charge is 0.187 e. The van der Waals surface area contributed by atoms with Crippen LogP contribution in [0.4, 0.5) is 0 Å². The van der Waals surface area contributed by atoms with Crippen molar-refractivity contribution in [3.63, 3.8) is 0 Å². The predicted octanol–water partition coefficient (Wildman–Crippen LogP) is 3.56. The van der Waals surface area contributed by atoms with E-state index in [1.165, 1.54) is 5.56 Å². The van der Waals surface area contributed by atoms with E-state index in [4.69, 9.17) is 0 Å². The number of aryl methyl sites for hydroxylation is 2. The van der Waals surface area contributed by atoms with Crippen molar-refractivity contribution in [1.82, 2.24) is 15.3 Å². The summed E-state index contributed by atoms with van der Waals surface area (Å²) in [7, 11) is 0. The number of thioether (sulfide) groups is 1. The zero-order chi connectivity index (χ0) is 15.9. The Labute approximate surface area is 132 Å². The van der Waals surface area contributed by atoms with Crippen molar-refractivity contribution < 1.29 is 0 Å². The molecule has 1 rings (SSSR count). The molecule has 0 bridgehead atoms. The van der Waals surface area contributed by atoms with Crippen LogP contribution in [0.3, 0.4) is 0 Å². The van der Waals surface area contributed by atoms with E-state index in [0.29, 0.717) is 0 Å². The molecule has 0 spiro atoms. The first-order valence-corrected chi connectivity index (χ1v) is 8.57. The van der Waals surface area contributed by atoms with Crippen molar-refractivity contribution >= 4 is 11.8 Å². The monoisotopic (exact) mass is 306 g/mol. The number of aromatic nitrogens is 2. The van der Waals surface area contributed by atoms with Gasteiger partial charge in [0, 0.05) is 17.1 Å². The van der Waals surface area contributed by atoms with Crippen LogP contribution < -0.4 is 5.32 Å². The molecule has 1 aromatic rings. The topological polar surface area (TPSA) is 61.6 Å². The highest BCUT2D eigenvalue weighted by atomic mass is 32.2. The van der Waals surface area contributed by atoms with Gasteiger partial charge in [-0.25, -0.2) is 9.97 Å². The van der Waals surface area contributed by atoms with Crippen LogP contribution in [-0.4, -0.2) is 27.8 Å². The van der Waals surface area contributed by atoms with Gasteiger partial charge < -0.3 is 0 Å². The predicted molar refractivity (Wildman–Crippen MR) is 88.5 cm³/mol. The van der Waals surface area contributed by atoms with E-state index >= 15 is 0 Å². The van der Waals surface area contributed by atoms with E-state index < -0.39 is 0 Å². The molecule has 0 radical (unpaired) electrons. The van der Waals surface area contributed by atoms with Gasteiger partial charge in [0.1, 0.15) is 5.54 Å². The summed E-state index contributed by atoms with van der Waals surface area (Å²) in [6, 6.07) is 2.44. The summed E-state index contributed by atoms with van der Waals surface area (Å²) >= 11 is 1.68. The van der Waals surface area contributed by atoms with Crippen LogP contribution in [0.15, 0.2) is 5.16 Å². The fourth-order valence-electron chi connectivity index (χ4n) is 2.25. The number of hydrogen-bond donors (Lipinski definition) is 1. The zero-order valence-corrected chi connectivity index (χ0v) is 14.6. The minimum Gasteiger partial charge on any atom is -0.300 e. The first kappa shape index (κ1) is 17.9. The van der Waals surface area contributed by atoms with Gasteiger partial charge in [0.25, 0.3) is 0 Å². The molecule has 1 heterocycles. The molecule has 0 aromatic carbocycles. The maximum absolute atomic E-state index is 9.38. The highest BCUT2D eigenvalue weighted by Gasteiger charge is 2.25. The fraction of sp³-hybridized carbons (Fsp3) is 0.688. The zero-order valence-electron chi connectivity index (χ0n) is 13.8.